The van der Waals surface area contributed by atoms with Crippen LogP contribution >= 0.6 is 12.8 Å². The number of hydrogen-bond acceptors (Lipinski definition) is 5. The highest BCUT2D eigenvalue weighted by atomic mass is 32.1. The summed E-state index contributed by atoms with van der Waals surface area (Å²) in [6.07, 6.45) is 0. The first-order chi connectivity index (χ1) is 9.51. The van der Waals surface area contributed by atoms with Gasteiger partial charge in [-0.25, -0.2) is 9.79 Å². The van der Waals surface area contributed by atoms with Crippen molar-refractivity contribution in [1.82, 2.24) is 14.7 Å². The Morgan fingerprint density at radius 3 is 2.35 bits per heavy atom. The molecule has 0 unspecified atom stereocenters. The first-order valence-corrected chi connectivity index (χ1v) is 7.14. The predicted octanol–water partition coefficient (Wildman–Crippen LogP) is 1.55. The second-order valence-corrected chi connectivity index (χ2v) is 5.87. The summed E-state index contributed by atoms with van der Waals surface area (Å²) in [6.45, 7) is 7.16. The van der Waals surface area contributed by atoms with Crippen molar-refractivity contribution in [2.24, 2.45) is 0 Å². The summed E-state index contributed by atoms with van der Waals surface area (Å²) in [5.41, 5.74) is 3.25. The largest absolute Gasteiger partial charge is 0.296 e. The fourth-order valence-electron chi connectivity index (χ4n) is 2.64. The number of benzene rings is 1. The van der Waals surface area contributed by atoms with Gasteiger partial charge in [0.05, 0.1) is 0 Å². The van der Waals surface area contributed by atoms with Crippen LogP contribution in [0.15, 0.2) is 24.3 Å². The topological polar surface area (TPSA) is 55.8 Å². The zero-order valence-electron chi connectivity index (χ0n) is 11.8. The van der Waals surface area contributed by atoms with E-state index >= 15 is 0 Å². The van der Waals surface area contributed by atoms with Gasteiger partial charge in [0.1, 0.15) is 0 Å². The highest BCUT2D eigenvalue weighted by molar-refractivity contribution is 7.77. The number of nitrogens with zero attached hydrogens (tertiary/aromatic N) is 2. The smallest absolute Gasteiger partial charge is 0.274 e. The van der Waals surface area contributed by atoms with Gasteiger partial charge in [-0.05, 0) is 31.5 Å². The third-order valence-electron chi connectivity index (χ3n) is 3.67. The summed E-state index contributed by atoms with van der Waals surface area (Å²) >= 11 is 4.50. The molecule has 110 valence electrons. The maximum atomic E-state index is 11.3. The summed E-state index contributed by atoms with van der Waals surface area (Å²) in [5.74, 6) is -0.484. The molecule has 20 heavy (non-hydrogen) atoms. The number of carbonyl (C=O) groups excluding carboxylic acids is 1. The Morgan fingerprint density at radius 1 is 1.30 bits per heavy atom. The molecule has 2 atom stereocenters. The van der Waals surface area contributed by atoms with Crippen molar-refractivity contribution >= 4 is 18.7 Å². The molecule has 1 aromatic carbocycles. The number of amides is 1. The minimum absolute atomic E-state index is 0.418. The van der Waals surface area contributed by atoms with Crippen LogP contribution in [0.25, 0.3) is 0 Å². The summed E-state index contributed by atoms with van der Waals surface area (Å²) in [6, 6.07) is 8.13. The number of hydrogen-bond donors (Lipinski definition) is 3. The molecule has 0 aliphatic carbocycles. The SMILES string of the molecule is C[C@@H]1CN(Cc2ccc(C(=O)NO)cc2)C[C@@H](C)N1S. The lowest BCUT2D eigenvalue weighted by Gasteiger charge is -2.41. The van der Waals surface area contributed by atoms with Crippen LogP contribution in [-0.4, -0.2) is 45.5 Å². The molecule has 0 radical (unpaired) electrons. The number of piperazine rings is 1. The van der Waals surface area contributed by atoms with Gasteiger partial charge < -0.3 is 0 Å². The fourth-order valence-corrected chi connectivity index (χ4v) is 2.78. The van der Waals surface area contributed by atoms with Crippen LogP contribution in [-0.2, 0) is 6.54 Å². The minimum Gasteiger partial charge on any atom is -0.296 e. The summed E-state index contributed by atoms with van der Waals surface area (Å²) in [4.78, 5) is 13.6. The third kappa shape index (κ3) is 3.52. The van der Waals surface area contributed by atoms with E-state index in [2.05, 4.69) is 35.9 Å². The second kappa shape index (κ2) is 6.58. The number of carbonyl (C=O) groups is 1. The number of hydroxylamine groups is 1. The van der Waals surface area contributed by atoms with Gasteiger partial charge >= 0.3 is 0 Å². The molecular formula is C14H21N3O2S. The van der Waals surface area contributed by atoms with E-state index < -0.39 is 5.91 Å². The monoisotopic (exact) mass is 295 g/mol. The van der Waals surface area contributed by atoms with E-state index in [1.807, 2.05) is 12.1 Å². The van der Waals surface area contributed by atoms with Crippen molar-refractivity contribution in [3.05, 3.63) is 35.4 Å². The van der Waals surface area contributed by atoms with Crippen LogP contribution in [0.4, 0.5) is 0 Å². The van der Waals surface area contributed by atoms with E-state index in [9.17, 15) is 4.79 Å². The highest BCUT2D eigenvalue weighted by Crippen LogP contribution is 2.19. The quantitative estimate of drug-likeness (QED) is 0.450. The number of nitrogens with one attached hydrogen (secondary N) is 1. The molecule has 1 fully saturated rings. The molecule has 0 aromatic heterocycles. The molecule has 1 aromatic rings. The number of rotatable bonds is 3. The van der Waals surface area contributed by atoms with Gasteiger partial charge in [0.25, 0.3) is 5.91 Å². The molecule has 2 rings (SSSR count). The van der Waals surface area contributed by atoms with Gasteiger partial charge in [-0.1, -0.05) is 24.9 Å². The van der Waals surface area contributed by atoms with Crippen LogP contribution in [0, 0.1) is 0 Å². The van der Waals surface area contributed by atoms with Gasteiger partial charge in [-0.15, -0.1) is 0 Å². The molecule has 6 heteroatoms. The lowest BCUT2D eigenvalue weighted by Crippen LogP contribution is -2.52. The lowest BCUT2D eigenvalue weighted by atomic mass is 10.1. The molecule has 1 heterocycles. The van der Waals surface area contributed by atoms with Gasteiger partial charge in [0.15, 0.2) is 0 Å². The Morgan fingerprint density at radius 2 is 1.85 bits per heavy atom. The van der Waals surface area contributed by atoms with Crippen LogP contribution in [0.5, 0.6) is 0 Å². The van der Waals surface area contributed by atoms with E-state index in [4.69, 9.17) is 5.21 Å². The molecule has 1 saturated heterocycles. The zero-order chi connectivity index (χ0) is 14.7. The fraction of sp³-hybridized carbons (Fsp3) is 0.500. The van der Waals surface area contributed by atoms with E-state index in [0.717, 1.165) is 25.2 Å². The molecule has 0 bridgehead atoms. The standard InChI is InChI=1S/C14H21N3O2S/c1-10-7-16(8-11(2)17(10)20)9-12-3-5-13(6-4-12)14(18)15-19/h3-6,10-11,19-20H,7-9H2,1-2H3,(H,15,18)/t10-,11-/m1/s1. The first-order valence-electron chi connectivity index (χ1n) is 6.74. The predicted molar refractivity (Wildman–Crippen MR) is 80.7 cm³/mol. The Labute approximate surface area is 125 Å². The van der Waals surface area contributed by atoms with E-state index in [1.165, 1.54) is 0 Å². The number of thiol groups is 1. The molecule has 1 amide bonds. The average Bonchev–Trinajstić information content (AvgIpc) is 2.44. The highest BCUT2D eigenvalue weighted by Gasteiger charge is 2.27. The molecule has 5 nitrogen and oxygen atoms in total. The van der Waals surface area contributed by atoms with Crippen LogP contribution in [0.2, 0.25) is 0 Å². The van der Waals surface area contributed by atoms with Crippen molar-refractivity contribution in [3.63, 3.8) is 0 Å². The van der Waals surface area contributed by atoms with Gasteiger partial charge in [0, 0.05) is 37.3 Å². The molecular weight excluding hydrogens is 274 g/mol. The van der Waals surface area contributed by atoms with Crippen LogP contribution in [0.3, 0.4) is 0 Å². The Balaban J connectivity index is 1.98. The van der Waals surface area contributed by atoms with Crippen molar-refractivity contribution in [2.45, 2.75) is 32.5 Å². The van der Waals surface area contributed by atoms with Crippen LogP contribution < -0.4 is 5.48 Å². The molecule has 1 aliphatic heterocycles. The maximum Gasteiger partial charge on any atom is 0.274 e. The Kier molecular flexibility index (Phi) is 5.04. The van der Waals surface area contributed by atoms with Crippen molar-refractivity contribution in [1.29, 1.82) is 0 Å². The van der Waals surface area contributed by atoms with Crippen molar-refractivity contribution < 1.29 is 10.0 Å². The van der Waals surface area contributed by atoms with Crippen molar-refractivity contribution in [3.8, 4) is 0 Å². The van der Waals surface area contributed by atoms with Gasteiger partial charge in [0.2, 0.25) is 0 Å². The van der Waals surface area contributed by atoms with E-state index in [-0.39, 0.29) is 0 Å². The van der Waals surface area contributed by atoms with Gasteiger partial charge in [-0.2, -0.15) is 0 Å². The summed E-state index contributed by atoms with van der Waals surface area (Å²) in [7, 11) is 0. The van der Waals surface area contributed by atoms with Gasteiger partial charge in [-0.3, -0.25) is 14.9 Å². The summed E-state index contributed by atoms with van der Waals surface area (Å²) < 4.78 is 2.10. The van der Waals surface area contributed by atoms with Crippen molar-refractivity contribution in [2.75, 3.05) is 13.1 Å². The molecule has 1 aliphatic rings. The lowest BCUT2D eigenvalue weighted by molar-refractivity contribution is 0.0706. The molecule has 0 saturated carbocycles. The zero-order valence-corrected chi connectivity index (χ0v) is 12.7. The maximum absolute atomic E-state index is 11.3. The third-order valence-corrected chi connectivity index (χ3v) is 4.46. The average molecular weight is 295 g/mol. The van der Waals surface area contributed by atoms with E-state index in [0.29, 0.717) is 17.6 Å². The molecule has 2 N–H and O–H groups in total. The van der Waals surface area contributed by atoms with E-state index in [1.54, 1.807) is 17.6 Å². The summed E-state index contributed by atoms with van der Waals surface area (Å²) in [5, 5.41) is 8.58. The molecule has 0 spiro atoms. The second-order valence-electron chi connectivity index (χ2n) is 5.41. The van der Waals surface area contributed by atoms with Crippen LogP contribution in [0.1, 0.15) is 29.8 Å². The first kappa shape index (κ1) is 15.3. The minimum atomic E-state index is -0.484. The normalized spacial score (nSPS) is 24.6. The Bertz CT molecular complexity index is 454. The Hall–Kier alpha value is -1.08.